The summed E-state index contributed by atoms with van der Waals surface area (Å²) in [6.07, 6.45) is 0.00156. The van der Waals surface area contributed by atoms with E-state index >= 15 is 0 Å². The van der Waals surface area contributed by atoms with Gasteiger partial charge in [-0.05, 0) is 37.5 Å². The maximum atomic E-state index is 12.3. The Kier molecular flexibility index (Phi) is 9.25. The van der Waals surface area contributed by atoms with Gasteiger partial charge >= 0.3 is 5.97 Å². The standard InChI is InChI=1S/C20H30N4O6/c1-10(2)16(21)19(28)23-11(3)17(26)22-12(4)18(27)24-15(20(29)30)9-13-5-7-14(25)8-6-13/h5-8,10-12,15-16,25H,9,21H2,1-4H3,(H,22,26)(H,23,28)(H,24,27)(H,29,30). The normalized spacial score (nSPS) is 14.9. The minimum absolute atomic E-state index is 0.00156. The Morgan fingerprint density at radius 1 is 0.867 bits per heavy atom. The summed E-state index contributed by atoms with van der Waals surface area (Å²) >= 11 is 0. The number of carbonyl (C=O) groups excluding carboxylic acids is 3. The third-order valence-electron chi connectivity index (χ3n) is 4.52. The molecular weight excluding hydrogens is 392 g/mol. The van der Waals surface area contributed by atoms with Gasteiger partial charge in [-0.25, -0.2) is 4.79 Å². The summed E-state index contributed by atoms with van der Waals surface area (Å²) in [7, 11) is 0. The summed E-state index contributed by atoms with van der Waals surface area (Å²) in [5.74, 6) is -3.07. The molecule has 0 spiro atoms. The summed E-state index contributed by atoms with van der Waals surface area (Å²) in [5, 5.41) is 26.0. The van der Waals surface area contributed by atoms with Gasteiger partial charge in [0.15, 0.2) is 0 Å². The topological polar surface area (TPSA) is 171 Å². The number of nitrogens with one attached hydrogen (secondary N) is 3. The van der Waals surface area contributed by atoms with E-state index < -0.39 is 47.9 Å². The minimum atomic E-state index is -1.24. The van der Waals surface area contributed by atoms with Crippen LogP contribution in [0.25, 0.3) is 0 Å². The molecule has 1 aromatic rings. The molecule has 7 N–H and O–H groups in total. The van der Waals surface area contributed by atoms with Crippen LogP contribution in [0.3, 0.4) is 0 Å². The molecule has 0 radical (unpaired) electrons. The van der Waals surface area contributed by atoms with Crippen molar-refractivity contribution in [3.63, 3.8) is 0 Å². The van der Waals surface area contributed by atoms with Crippen LogP contribution in [0.2, 0.25) is 0 Å². The summed E-state index contributed by atoms with van der Waals surface area (Å²) in [5.41, 5.74) is 6.34. The van der Waals surface area contributed by atoms with Crippen molar-refractivity contribution < 1.29 is 29.4 Å². The van der Waals surface area contributed by atoms with Crippen LogP contribution in [0.5, 0.6) is 5.75 Å². The number of amides is 3. The molecule has 1 rings (SSSR count). The minimum Gasteiger partial charge on any atom is -0.508 e. The van der Waals surface area contributed by atoms with Crippen molar-refractivity contribution in [1.82, 2.24) is 16.0 Å². The maximum absolute atomic E-state index is 12.3. The molecule has 0 aliphatic rings. The second kappa shape index (κ2) is 11.1. The second-order valence-corrected chi connectivity index (χ2v) is 7.50. The predicted octanol–water partition coefficient (Wildman–Crippen LogP) is -0.503. The van der Waals surface area contributed by atoms with Crippen LogP contribution in [0.4, 0.5) is 0 Å². The molecule has 0 bridgehead atoms. The fraction of sp³-hybridized carbons (Fsp3) is 0.500. The largest absolute Gasteiger partial charge is 0.508 e. The van der Waals surface area contributed by atoms with Crippen LogP contribution >= 0.6 is 0 Å². The first-order chi connectivity index (χ1) is 13.9. The fourth-order valence-electron chi connectivity index (χ4n) is 2.45. The smallest absolute Gasteiger partial charge is 0.326 e. The highest BCUT2D eigenvalue weighted by atomic mass is 16.4. The van der Waals surface area contributed by atoms with Gasteiger partial charge in [0.25, 0.3) is 0 Å². The van der Waals surface area contributed by atoms with E-state index in [1.165, 1.54) is 26.0 Å². The Morgan fingerprint density at radius 3 is 1.80 bits per heavy atom. The summed E-state index contributed by atoms with van der Waals surface area (Å²) in [6.45, 7) is 6.41. The monoisotopic (exact) mass is 422 g/mol. The Hall–Kier alpha value is -3.14. The van der Waals surface area contributed by atoms with Gasteiger partial charge in [-0.2, -0.15) is 0 Å². The number of hydrogen-bond donors (Lipinski definition) is 6. The molecule has 4 atom stereocenters. The molecular formula is C20H30N4O6. The predicted molar refractivity (Wildman–Crippen MR) is 109 cm³/mol. The zero-order valence-corrected chi connectivity index (χ0v) is 17.5. The third kappa shape index (κ3) is 7.70. The molecule has 166 valence electrons. The van der Waals surface area contributed by atoms with Gasteiger partial charge in [-0.15, -0.1) is 0 Å². The molecule has 10 heteroatoms. The van der Waals surface area contributed by atoms with E-state index in [0.29, 0.717) is 5.56 Å². The number of aromatic hydroxyl groups is 1. The quantitative estimate of drug-likeness (QED) is 0.295. The van der Waals surface area contributed by atoms with E-state index in [9.17, 15) is 29.4 Å². The van der Waals surface area contributed by atoms with Gasteiger partial charge < -0.3 is 31.9 Å². The average molecular weight is 422 g/mol. The molecule has 1 aromatic carbocycles. The first-order valence-electron chi connectivity index (χ1n) is 9.59. The molecule has 30 heavy (non-hydrogen) atoms. The number of aliphatic carboxylic acids is 1. The number of carboxylic acids is 1. The lowest BCUT2D eigenvalue weighted by Gasteiger charge is -2.22. The van der Waals surface area contributed by atoms with Crippen LogP contribution in [0, 0.1) is 5.92 Å². The number of carbonyl (C=O) groups is 4. The Labute approximate surface area is 175 Å². The Bertz CT molecular complexity index is 765. The number of hydrogen-bond acceptors (Lipinski definition) is 6. The Balaban J connectivity index is 2.64. The van der Waals surface area contributed by atoms with E-state index in [2.05, 4.69) is 16.0 Å². The highest BCUT2D eigenvalue weighted by Crippen LogP contribution is 2.11. The zero-order chi connectivity index (χ0) is 23.0. The van der Waals surface area contributed by atoms with Crippen molar-refractivity contribution in [3.8, 4) is 5.75 Å². The van der Waals surface area contributed by atoms with Gasteiger partial charge in [0.05, 0.1) is 6.04 Å². The number of phenolic OH excluding ortho intramolecular Hbond substituents is 1. The Morgan fingerprint density at radius 2 is 1.33 bits per heavy atom. The first-order valence-corrected chi connectivity index (χ1v) is 9.59. The maximum Gasteiger partial charge on any atom is 0.326 e. The summed E-state index contributed by atoms with van der Waals surface area (Å²) in [6, 6.07) is 1.99. The zero-order valence-electron chi connectivity index (χ0n) is 17.5. The van der Waals surface area contributed by atoms with Gasteiger partial charge in [0.2, 0.25) is 17.7 Å². The second-order valence-electron chi connectivity index (χ2n) is 7.50. The van der Waals surface area contributed by atoms with Crippen LogP contribution in [0.15, 0.2) is 24.3 Å². The van der Waals surface area contributed by atoms with Crippen molar-refractivity contribution in [2.24, 2.45) is 11.7 Å². The van der Waals surface area contributed by atoms with Crippen molar-refractivity contribution in [2.45, 2.75) is 58.3 Å². The van der Waals surface area contributed by atoms with Gasteiger partial charge in [0, 0.05) is 6.42 Å². The van der Waals surface area contributed by atoms with Gasteiger partial charge in [-0.1, -0.05) is 26.0 Å². The molecule has 0 aromatic heterocycles. The highest BCUT2D eigenvalue weighted by molar-refractivity contribution is 5.93. The SMILES string of the molecule is CC(NC(=O)C(C)NC(=O)C(N)C(C)C)C(=O)NC(Cc1ccc(O)cc1)C(=O)O. The fourth-order valence-corrected chi connectivity index (χ4v) is 2.45. The van der Waals surface area contributed by atoms with Gasteiger partial charge in [0.1, 0.15) is 23.9 Å². The lowest BCUT2D eigenvalue weighted by Crippen LogP contribution is -2.56. The average Bonchev–Trinajstić information content (AvgIpc) is 2.67. The van der Waals surface area contributed by atoms with E-state index in [-0.39, 0.29) is 18.1 Å². The molecule has 0 saturated heterocycles. The van der Waals surface area contributed by atoms with Crippen LogP contribution in [0.1, 0.15) is 33.3 Å². The molecule has 0 aliphatic carbocycles. The molecule has 0 fully saturated rings. The van der Waals surface area contributed by atoms with Crippen LogP contribution in [-0.2, 0) is 25.6 Å². The van der Waals surface area contributed by atoms with Crippen LogP contribution < -0.4 is 21.7 Å². The first kappa shape index (κ1) is 24.9. The number of phenols is 1. The number of carboxylic acid groups (broad SMARTS) is 1. The lowest BCUT2D eigenvalue weighted by atomic mass is 10.0. The molecule has 0 heterocycles. The van der Waals surface area contributed by atoms with E-state index in [1.54, 1.807) is 26.0 Å². The summed E-state index contributed by atoms with van der Waals surface area (Å²) < 4.78 is 0. The van der Waals surface area contributed by atoms with Crippen molar-refractivity contribution >= 4 is 23.7 Å². The summed E-state index contributed by atoms with van der Waals surface area (Å²) in [4.78, 5) is 48.0. The molecule has 10 nitrogen and oxygen atoms in total. The molecule has 4 unspecified atom stereocenters. The number of rotatable bonds is 10. The van der Waals surface area contributed by atoms with Gasteiger partial charge in [-0.3, -0.25) is 14.4 Å². The van der Waals surface area contributed by atoms with E-state index in [1.807, 2.05) is 0 Å². The highest BCUT2D eigenvalue weighted by Gasteiger charge is 2.27. The van der Waals surface area contributed by atoms with E-state index in [0.717, 1.165) is 0 Å². The van der Waals surface area contributed by atoms with Crippen LogP contribution in [-0.4, -0.2) is 58.1 Å². The van der Waals surface area contributed by atoms with Crippen molar-refractivity contribution in [3.05, 3.63) is 29.8 Å². The third-order valence-corrected chi connectivity index (χ3v) is 4.52. The number of nitrogens with two attached hydrogens (primary N) is 1. The molecule has 3 amide bonds. The molecule has 0 aliphatic heterocycles. The van der Waals surface area contributed by atoms with E-state index in [4.69, 9.17) is 5.73 Å². The van der Waals surface area contributed by atoms with Crippen molar-refractivity contribution in [2.75, 3.05) is 0 Å². The van der Waals surface area contributed by atoms with Crippen molar-refractivity contribution in [1.29, 1.82) is 0 Å². The molecule has 0 saturated carbocycles. The number of benzene rings is 1. The lowest BCUT2D eigenvalue weighted by molar-refractivity contribution is -0.142.